The van der Waals surface area contributed by atoms with E-state index in [0.717, 1.165) is 10.9 Å². The number of fused-ring (bicyclic) bond motifs is 1. The monoisotopic (exact) mass is 314 g/mol. The normalized spacial score (nSPS) is 16.0. The Bertz CT molecular complexity index is 703. The zero-order valence-electron chi connectivity index (χ0n) is 13.5. The SMILES string of the molecule is CC(C)(N)C(=O)N1CCN(C(=O)c2cc3ccccc3[nH]2)CC1. The topological polar surface area (TPSA) is 82.4 Å². The van der Waals surface area contributed by atoms with E-state index in [0.29, 0.717) is 31.9 Å². The van der Waals surface area contributed by atoms with Crippen LogP contribution in [0, 0.1) is 0 Å². The van der Waals surface area contributed by atoms with E-state index in [1.165, 1.54) is 0 Å². The maximum absolute atomic E-state index is 12.6. The highest BCUT2D eigenvalue weighted by Gasteiger charge is 2.31. The molecule has 0 unspecified atom stereocenters. The predicted octanol–water partition coefficient (Wildman–Crippen LogP) is 1.19. The molecule has 1 aliphatic heterocycles. The summed E-state index contributed by atoms with van der Waals surface area (Å²) < 4.78 is 0. The molecule has 1 fully saturated rings. The third kappa shape index (κ3) is 3.07. The first-order valence-corrected chi connectivity index (χ1v) is 7.81. The van der Waals surface area contributed by atoms with E-state index in [1.807, 2.05) is 30.3 Å². The van der Waals surface area contributed by atoms with Gasteiger partial charge in [-0.05, 0) is 26.0 Å². The third-order valence-corrected chi connectivity index (χ3v) is 4.17. The molecule has 0 radical (unpaired) electrons. The number of amides is 2. The minimum Gasteiger partial charge on any atom is -0.351 e. The van der Waals surface area contributed by atoms with Crippen LogP contribution in [0.15, 0.2) is 30.3 Å². The molecule has 6 nitrogen and oxygen atoms in total. The number of carbonyl (C=O) groups is 2. The molecule has 3 rings (SSSR count). The fraction of sp³-hybridized carbons (Fsp3) is 0.412. The zero-order valence-corrected chi connectivity index (χ0v) is 13.5. The minimum atomic E-state index is -0.872. The molecule has 0 bridgehead atoms. The van der Waals surface area contributed by atoms with E-state index < -0.39 is 5.54 Å². The van der Waals surface area contributed by atoms with Crippen molar-refractivity contribution in [3.8, 4) is 0 Å². The number of nitrogens with one attached hydrogen (secondary N) is 1. The summed E-state index contributed by atoms with van der Waals surface area (Å²) in [4.78, 5) is 31.5. The van der Waals surface area contributed by atoms with Crippen molar-refractivity contribution in [1.29, 1.82) is 0 Å². The lowest BCUT2D eigenvalue weighted by Gasteiger charge is -2.37. The molecular weight excluding hydrogens is 292 g/mol. The fourth-order valence-corrected chi connectivity index (χ4v) is 2.88. The van der Waals surface area contributed by atoms with Crippen molar-refractivity contribution in [3.63, 3.8) is 0 Å². The van der Waals surface area contributed by atoms with Crippen molar-refractivity contribution in [2.45, 2.75) is 19.4 Å². The number of hydrogen-bond donors (Lipinski definition) is 2. The number of benzene rings is 1. The molecule has 23 heavy (non-hydrogen) atoms. The van der Waals surface area contributed by atoms with Crippen LogP contribution in [0.2, 0.25) is 0 Å². The Kier molecular flexibility index (Phi) is 3.85. The van der Waals surface area contributed by atoms with Crippen LogP contribution in [0.4, 0.5) is 0 Å². The lowest BCUT2D eigenvalue weighted by Crippen LogP contribution is -2.57. The van der Waals surface area contributed by atoms with Gasteiger partial charge in [-0.15, -0.1) is 0 Å². The number of nitrogens with zero attached hydrogens (tertiary/aromatic N) is 2. The summed E-state index contributed by atoms with van der Waals surface area (Å²) >= 11 is 0. The Balaban J connectivity index is 1.67. The van der Waals surface area contributed by atoms with E-state index in [-0.39, 0.29) is 11.8 Å². The number of hydrogen-bond acceptors (Lipinski definition) is 3. The van der Waals surface area contributed by atoms with Gasteiger partial charge in [-0.3, -0.25) is 9.59 Å². The van der Waals surface area contributed by atoms with Crippen molar-refractivity contribution >= 4 is 22.7 Å². The van der Waals surface area contributed by atoms with Crippen LogP contribution in [0.1, 0.15) is 24.3 Å². The number of carbonyl (C=O) groups excluding carboxylic acids is 2. The predicted molar refractivity (Wildman–Crippen MR) is 89.0 cm³/mol. The third-order valence-electron chi connectivity index (χ3n) is 4.17. The average molecular weight is 314 g/mol. The second-order valence-corrected chi connectivity index (χ2v) is 6.58. The van der Waals surface area contributed by atoms with Crippen molar-refractivity contribution in [1.82, 2.24) is 14.8 Å². The van der Waals surface area contributed by atoms with E-state index in [2.05, 4.69) is 4.98 Å². The van der Waals surface area contributed by atoms with Crippen LogP contribution < -0.4 is 5.73 Å². The van der Waals surface area contributed by atoms with E-state index in [9.17, 15) is 9.59 Å². The number of H-pyrrole nitrogens is 1. The van der Waals surface area contributed by atoms with Crippen molar-refractivity contribution in [2.75, 3.05) is 26.2 Å². The summed E-state index contributed by atoms with van der Waals surface area (Å²) in [7, 11) is 0. The molecular formula is C17H22N4O2. The van der Waals surface area contributed by atoms with Crippen LogP contribution >= 0.6 is 0 Å². The summed E-state index contributed by atoms with van der Waals surface area (Å²) in [5.41, 5.74) is 6.53. The van der Waals surface area contributed by atoms with Gasteiger partial charge in [0.2, 0.25) is 5.91 Å². The van der Waals surface area contributed by atoms with Gasteiger partial charge in [0, 0.05) is 37.1 Å². The first kappa shape index (κ1) is 15.6. The fourth-order valence-electron chi connectivity index (χ4n) is 2.88. The molecule has 0 atom stereocenters. The van der Waals surface area contributed by atoms with Gasteiger partial charge >= 0.3 is 0 Å². The van der Waals surface area contributed by atoms with E-state index in [1.54, 1.807) is 23.6 Å². The number of rotatable bonds is 2. The Morgan fingerprint density at radius 1 is 1.09 bits per heavy atom. The van der Waals surface area contributed by atoms with Crippen LogP contribution in [0.5, 0.6) is 0 Å². The Labute approximate surface area is 135 Å². The first-order chi connectivity index (χ1) is 10.9. The van der Waals surface area contributed by atoms with Gasteiger partial charge in [0.1, 0.15) is 5.69 Å². The summed E-state index contributed by atoms with van der Waals surface area (Å²) in [6.45, 7) is 5.50. The molecule has 1 aromatic heterocycles. The first-order valence-electron chi connectivity index (χ1n) is 7.81. The summed E-state index contributed by atoms with van der Waals surface area (Å²) in [5.74, 6) is -0.101. The van der Waals surface area contributed by atoms with Crippen molar-refractivity contribution in [3.05, 3.63) is 36.0 Å². The highest BCUT2D eigenvalue weighted by molar-refractivity contribution is 5.98. The van der Waals surface area contributed by atoms with Crippen LogP contribution in [-0.2, 0) is 4.79 Å². The molecule has 0 aliphatic carbocycles. The number of nitrogens with two attached hydrogens (primary N) is 1. The Hall–Kier alpha value is -2.34. The average Bonchev–Trinajstić information content (AvgIpc) is 2.96. The molecule has 1 aromatic carbocycles. The van der Waals surface area contributed by atoms with Crippen LogP contribution in [0.3, 0.4) is 0 Å². The molecule has 1 saturated heterocycles. The van der Waals surface area contributed by atoms with Gasteiger partial charge in [0.25, 0.3) is 5.91 Å². The zero-order chi connectivity index (χ0) is 16.6. The number of para-hydroxylation sites is 1. The standard InChI is InChI=1S/C17H22N4O2/c1-17(2,18)16(23)21-9-7-20(8-10-21)15(22)14-11-12-5-3-4-6-13(12)19-14/h3-6,11,19H,7-10,18H2,1-2H3. The smallest absolute Gasteiger partial charge is 0.270 e. The van der Waals surface area contributed by atoms with E-state index >= 15 is 0 Å². The molecule has 1 aliphatic rings. The lowest BCUT2D eigenvalue weighted by atomic mass is 10.0. The highest BCUT2D eigenvalue weighted by Crippen LogP contribution is 2.17. The molecule has 6 heteroatoms. The van der Waals surface area contributed by atoms with Gasteiger partial charge in [0.05, 0.1) is 5.54 Å². The quantitative estimate of drug-likeness (QED) is 0.873. The minimum absolute atomic E-state index is 0.0275. The van der Waals surface area contributed by atoms with Gasteiger partial charge in [-0.25, -0.2) is 0 Å². The van der Waals surface area contributed by atoms with Crippen molar-refractivity contribution < 1.29 is 9.59 Å². The Morgan fingerprint density at radius 2 is 1.70 bits per heavy atom. The van der Waals surface area contributed by atoms with Gasteiger partial charge < -0.3 is 20.5 Å². The van der Waals surface area contributed by atoms with Crippen LogP contribution in [-0.4, -0.2) is 58.3 Å². The number of piperazine rings is 1. The molecule has 2 aromatic rings. The molecule has 2 amide bonds. The lowest BCUT2D eigenvalue weighted by molar-refractivity contribution is -0.137. The number of aromatic amines is 1. The summed E-state index contributed by atoms with van der Waals surface area (Å²) in [6.07, 6.45) is 0. The second-order valence-electron chi connectivity index (χ2n) is 6.58. The maximum Gasteiger partial charge on any atom is 0.270 e. The largest absolute Gasteiger partial charge is 0.351 e. The van der Waals surface area contributed by atoms with Crippen molar-refractivity contribution in [2.24, 2.45) is 5.73 Å². The van der Waals surface area contributed by atoms with Crippen LogP contribution in [0.25, 0.3) is 10.9 Å². The molecule has 3 N–H and O–H groups in total. The maximum atomic E-state index is 12.6. The van der Waals surface area contributed by atoms with Gasteiger partial charge in [0.15, 0.2) is 0 Å². The Morgan fingerprint density at radius 3 is 2.30 bits per heavy atom. The highest BCUT2D eigenvalue weighted by atomic mass is 16.2. The molecule has 0 saturated carbocycles. The number of aromatic nitrogens is 1. The second kappa shape index (κ2) is 5.70. The van der Waals surface area contributed by atoms with Gasteiger partial charge in [-0.1, -0.05) is 18.2 Å². The van der Waals surface area contributed by atoms with E-state index in [4.69, 9.17) is 5.73 Å². The molecule has 2 heterocycles. The molecule has 0 spiro atoms. The molecule has 122 valence electrons. The van der Waals surface area contributed by atoms with Gasteiger partial charge in [-0.2, -0.15) is 0 Å². The summed E-state index contributed by atoms with van der Waals surface area (Å²) in [6, 6.07) is 9.68. The summed E-state index contributed by atoms with van der Waals surface area (Å²) in [5, 5.41) is 1.02.